The van der Waals surface area contributed by atoms with Gasteiger partial charge in [0.1, 0.15) is 0 Å². The summed E-state index contributed by atoms with van der Waals surface area (Å²) < 4.78 is 0. The third-order valence-corrected chi connectivity index (χ3v) is 14.3. The van der Waals surface area contributed by atoms with Crippen LogP contribution in [0.5, 0.6) is 0 Å². The van der Waals surface area contributed by atoms with Gasteiger partial charge in [-0.15, -0.1) is 22.1 Å². The number of hydrogen-bond donors (Lipinski definition) is 0. The average molecular weight is 862 g/mol. The fourth-order valence-electron chi connectivity index (χ4n) is 11.3. The molecule has 5 heterocycles. The molecule has 298 valence electrons. The predicted octanol–water partition coefficient (Wildman–Crippen LogP) is 15.6. The van der Waals surface area contributed by atoms with E-state index in [2.05, 4.69) is 149 Å². The van der Waals surface area contributed by atoms with Gasteiger partial charge in [0.15, 0.2) is 0 Å². The molecule has 0 fully saturated rings. The number of nitrogens with zero attached hydrogens (tertiary/aromatic N) is 4. The van der Waals surface area contributed by atoms with Gasteiger partial charge in [-0.2, -0.15) is 0 Å². The molecule has 7 aromatic carbocycles. The molecule has 0 amide bonds. The summed E-state index contributed by atoms with van der Waals surface area (Å²) in [5.74, 6) is 0. The zero-order valence-electron chi connectivity index (χ0n) is 36.3. The topological polar surface area (TPSA) is 54.0 Å². The van der Waals surface area contributed by atoms with Crippen LogP contribution < -0.4 is 9.97 Å². The van der Waals surface area contributed by atoms with Gasteiger partial charge >= 0.3 is 19.5 Å². The van der Waals surface area contributed by atoms with Gasteiger partial charge < -0.3 is 9.97 Å². The number of hydrogen-bond acceptors (Lipinski definition) is 2. The van der Waals surface area contributed by atoms with E-state index in [-0.39, 0.29) is 19.5 Å². The first-order chi connectivity index (χ1) is 30.5. The summed E-state index contributed by atoms with van der Waals surface area (Å²) in [5.41, 5.74) is 18.0. The molecule has 8 bridgehead atoms. The van der Waals surface area contributed by atoms with Crippen LogP contribution in [0.1, 0.15) is 75.4 Å². The van der Waals surface area contributed by atoms with Gasteiger partial charge in [0.25, 0.3) is 0 Å². The van der Waals surface area contributed by atoms with Crippen LogP contribution in [-0.4, -0.2) is 9.97 Å². The van der Waals surface area contributed by atoms with Crippen molar-refractivity contribution in [3.8, 4) is 22.3 Å². The predicted molar refractivity (Wildman–Crippen MR) is 264 cm³/mol. The molecule has 13 rings (SSSR count). The number of fused-ring (bicyclic) bond motifs is 22. The summed E-state index contributed by atoms with van der Waals surface area (Å²) in [5, 5.41) is 14.8. The van der Waals surface area contributed by atoms with Crippen molar-refractivity contribution in [3.05, 3.63) is 144 Å². The molecule has 2 aliphatic rings. The smallest absolute Gasteiger partial charge is 0.657 e. The van der Waals surface area contributed by atoms with Crippen LogP contribution in [0.4, 0.5) is 0 Å². The van der Waals surface area contributed by atoms with E-state index in [1.54, 1.807) is 0 Å². The Hall–Kier alpha value is -6.42. The second-order valence-electron chi connectivity index (χ2n) is 17.8. The summed E-state index contributed by atoms with van der Waals surface area (Å²) in [6.45, 7) is 9.05. The van der Waals surface area contributed by atoms with Gasteiger partial charge in [-0.25, -0.2) is 9.97 Å². The summed E-state index contributed by atoms with van der Waals surface area (Å²) in [6.07, 6.45) is 6.42. The largest absolute Gasteiger partial charge is 2.00 e. The second kappa shape index (κ2) is 14.3. The van der Waals surface area contributed by atoms with E-state index < -0.39 is 0 Å². The van der Waals surface area contributed by atoms with E-state index in [4.69, 9.17) is 19.9 Å². The molecule has 0 unspecified atom stereocenters. The first-order valence-electron chi connectivity index (χ1n) is 22.5. The maximum atomic E-state index is 5.64. The van der Waals surface area contributed by atoms with Crippen molar-refractivity contribution in [3.63, 3.8) is 0 Å². The van der Waals surface area contributed by atoms with Crippen molar-refractivity contribution in [2.75, 3.05) is 0 Å². The van der Waals surface area contributed by atoms with E-state index >= 15 is 0 Å². The summed E-state index contributed by atoms with van der Waals surface area (Å²) in [7, 11) is 0. The number of aryl methyl sites for hydroxylation is 2. The van der Waals surface area contributed by atoms with Crippen LogP contribution in [0.15, 0.2) is 121 Å². The molecular formula is C58H44N4Zn. The van der Waals surface area contributed by atoms with Crippen molar-refractivity contribution < 1.29 is 19.5 Å². The summed E-state index contributed by atoms with van der Waals surface area (Å²) >= 11 is 0. The molecule has 1 aliphatic carbocycles. The van der Waals surface area contributed by atoms with Crippen LogP contribution >= 0.6 is 0 Å². The fraction of sp³-hybridized carbons (Fsp3) is 0.172. The maximum Gasteiger partial charge on any atom is 2.00 e. The van der Waals surface area contributed by atoms with Gasteiger partial charge in [0.2, 0.25) is 0 Å². The van der Waals surface area contributed by atoms with Crippen LogP contribution in [0.25, 0.3) is 131 Å². The Labute approximate surface area is 378 Å². The van der Waals surface area contributed by atoms with Crippen LogP contribution in [0, 0.1) is 6.92 Å². The quantitative estimate of drug-likeness (QED) is 0.156. The Morgan fingerprint density at radius 2 is 1.06 bits per heavy atom. The van der Waals surface area contributed by atoms with E-state index in [1.807, 2.05) is 0 Å². The first kappa shape index (κ1) is 38.3. The zero-order chi connectivity index (χ0) is 41.4. The third-order valence-electron chi connectivity index (χ3n) is 14.3. The molecule has 0 saturated carbocycles. The van der Waals surface area contributed by atoms with Crippen molar-refractivity contribution in [2.24, 2.45) is 0 Å². The first-order valence-corrected chi connectivity index (χ1v) is 22.5. The van der Waals surface area contributed by atoms with E-state index in [1.165, 1.54) is 87.6 Å². The van der Waals surface area contributed by atoms with Gasteiger partial charge in [-0.05, 0) is 145 Å². The Morgan fingerprint density at radius 1 is 0.429 bits per heavy atom. The molecule has 11 aromatic rings. The van der Waals surface area contributed by atoms with Crippen LogP contribution in [0.3, 0.4) is 0 Å². The molecule has 4 aromatic heterocycles. The molecule has 0 radical (unpaired) electrons. The Balaban J connectivity index is 0.00000421. The van der Waals surface area contributed by atoms with E-state index in [0.717, 1.165) is 105 Å². The SMILES string of the molecule is CCCCC1=C(C)c2cc3[n-]c(cc4nc(cc5[n-]c(cc1n2)c(CCCC)c5C)c1cc2c5ccccc5c5cccc(c41)c52)c1c3cc2c3c(cccc31)-c1ccccc1-2.[Zn+2]. The van der Waals surface area contributed by atoms with E-state index in [9.17, 15) is 0 Å². The normalized spacial score (nSPS) is 13.0. The molecule has 0 N–H and O–H groups in total. The van der Waals surface area contributed by atoms with E-state index in [0.29, 0.717) is 0 Å². The van der Waals surface area contributed by atoms with Crippen molar-refractivity contribution in [1.29, 1.82) is 0 Å². The van der Waals surface area contributed by atoms with Gasteiger partial charge in [0.05, 0.1) is 22.4 Å². The molecule has 1 aliphatic heterocycles. The Bertz CT molecular complexity index is 3920. The molecule has 5 heteroatoms. The number of benzene rings is 6. The molecule has 0 spiro atoms. The number of allylic oxidation sites excluding steroid dienone is 2. The molecular weight excluding hydrogens is 818 g/mol. The standard InChI is InChI=1S/C58H44N4.Zn/c1-5-7-15-33-31(3)47-27-51-45-25-43-37-19-11-9-17-35(37)39-21-13-23-41(55(39)43)57(45)53(61-51)30-54-58-42-24-14-22-40-36-18-10-12-20-38(36)44(56(40)42)26-46(58)52(62-54)28-48-32(4)34(16-8-6-2)50(60-48)29-49(33)59-47;/h9-14,17-30H,5-8,15-16H2,1-4H3;/q-2;+2. The number of unbranched alkanes of at least 4 members (excludes halogenated alkanes) is 2. The third kappa shape index (κ3) is 5.42. The maximum absolute atomic E-state index is 5.64. The van der Waals surface area contributed by atoms with Gasteiger partial charge in [-0.1, -0.05) is 141 Å². The van der Waals surface area contributed by atoms with Crippen molar-refractivity contribution in [1.82, 2.24) is 19.9 Å². The van der Waals surface area contributed by atoms with Gasteiger partial charge in [0, 0.05) is 10.8 Å². The Kier molecular flexibility index (Phi) is 8.69. The Morgan fingerprint density at radius 3 is 1.87 bits per heavy atom. The minimum atomic E-state index is 0. The fourth-order valence-corrected chi connectivity index (χ4v) is 11.3. The van der Waals surface area contributed by atoms with Crippen LogP contribution in [0.2, 0.25) is 0 Å². The number of rotatable bonds is 6. The monoisotopic (exact) mass is 860 g/mol. The van der Waals surface area contributed by atoms with Crippen molar-refractivity contribution in [2.45, 2.75) is 66.2 Å². The minimum Gasteiger partial charge on any atom is -0.657 e. The molecule has 63 heavy (non-hydrogen) atoms. The minimum absolute atomic E-state index is 0. The average Bonchev–Trinajstić information content (AvgIpc) is 4.12. The molecule has 4 nitrogen and oxygen atoms in total. The molecule has 0 saturated heterocycles. The van der Waals surface area contributed by atoms with Crippen molar-refractivity contribution >= 4 is 109 Å². The van der Waals surface area contributed by atoms with Crippen LogP contribution in [-0.2, 0) is 25.9 Å². The number of aromatic nitrogens is 4. The summed E-state index contributed by atoms with van der Waals surface area (Å²) in [6, 6.07) is 45.2. The second-order valence-corrected chi connectivity index (χ2v) is 17.8. The molecule has 0 atom stereocenters. The van der Waals surface area contributed by atoms with Gasteiger partial charge in [-0.3, -0.25) is 0 Å². The zero-order valence-corrected chi connectivity index (χ0v) is 39.3. The summed E-state index contributed by atoms with van der Waals surface area (Å²) in [4.78, 5) is 22.2.